The maximum atomic E-state index is 11.5. The third-order valence-electron chi connectivity index (χ3n) is 3.18. The van der Waals surface area contributed by atoms with Crippen LogP contribution in [0.2, 0.25) is 0 Å². The molecule has 0 bridgehead atoms. The number of aromatic nitrogens is 2. The highest BCUT2D eigenvalue weighted by Gasteiger charge is 2.21. The second kappa shape index (κ2) is 6.32. The second-order valence-electron chi connectivity index (χ2n) is 4.65. The predicted octanol–water partition coefficient (Wildman–Crippen LogP) is 2.75. The standard InChI is InChI=1S/C15H18N2O3/c1-4-13(10(2)18)15-16-14(17-20-15)9-11-6-5-7-12(8-11)19-3/h5-8,13H,4,9H2,1-3H3. The Morgan fingerprint density at radius 2 is 2.25 bits per heavy atom. The summed E-state index contributed by atoms with van der Waals surface area (Å²) in [5, 5.41) is 3.94. The Bertz CT molecular complexity index is 592. The Hall–Kier alpha value is -2.17. The molecule has 0 spiro atoms. The minimum atomic E-state index is -0.304. The van der Waals surface area contributed by atoms with Gasteiger partial charge in [-0.25, -0.2) is 0 Å². The van der Waals surface area contributed by atoms with E-state index in [9.17, 15) is 4.79 Å². The highest BCUT2D eigenvalue weighted by molar-refractivity contribution is 5.82. The van der Waals surface area contributed by atoms with Crippen molar-refractivity contribution in [2.75, 3.05) is 7.11 Å². The summed E-state index contributed by atoms with van der Waals surface area (Å²) in [6.07, 6.45) is 1.21. The van der Waals surface area contributed by atoms with Gasteiger partial charge in [-0.3, -0.25) is 4.79 Å². The molecule has 5 heteroatoms. The summed E-state index contributed by atoms with van der Waals surface area (Å²) in [4.78, 5) is 15.8. The van der Waals surface area contributed by atoms with Crippen LogP contribution in [0.5, 0.6) is 5.75 Å². The molecule has 0 aliphatic carbocycles. The number of ether oxygens (including phenoxy) is 1. The molecule has 0 saturated heterocycles. The fourth-order valence-electron chi connectivity index (χ4n) is 2.08. The first kappa shape index (κ1) is 14.2. The summed E-state index contributed by atoms with van der Waals surface area (Å²) in [5.41, 5.74) is 1.03. The van der Waals surface area contributed by atoms with Crippen LogP contribution in [0.1, 0.15) is 43.5 Å². The van der Waals surface area contributed by atoms with Crippen LogP contribution >= 0.6 is 0 Å². The highest BCUT2D eigenvalue weighted by atomic mass is 16.5. The van der Waals surface area contributed by atoms with Crippen LogP contribution < -0.4 is 4.74 Å². The highest BCUT2D eigenvalue weighted by Crippen LogP contribution is 2.20. The first-order valence-corrected chi connectivity index (χ1v) is 6.60. The zero-order chi connectivity index (χ0) is 14.5. The molecule has 0 aliphatic heterocycles. The van der Waals surface area contributed by atoms with E-state index in [0.29, 0.717) is 24.6 Å². The number of Topliss-reactive ketones (excluding diaryl/α,β-unsaturated/α-hetero) is 1. The van der Waals surface area contributed by atoms with Gasteiger partial charge in [0.25, 0.3) is 0 Å². The monoisotopic (exact) mass is 274 g/mol. The maximum Gasteiger partial charge on any atom is 0.237 e. The summed E-state index contributed by atoms with van der Waals surface area (Å²) in [7, 11) is 1.63. The van der Waals surface area contributed by atoms with Crippen molar-refractivity contribution >= 4 is 5.78 Å². The number of hydrogen-bond acceptors (Lipinski definition) is 5. The van der Waals surface area contributed by atoms with Crippen molar-refractivity contribution in [3.8, 4) is 5.75 Å². The fourth-order valence-corrected chi connectivity index (χ4v) is 2.08. The molecule has 0 N–H and O–H groups in total. The van der Waals surface area contributed by atoms with Crippen LogP contribution in [0, 0.1) is 0 Å². The lowest BCUT2D eigenvalue weighted by Crippen LogP contribution is -2.08. The van der Waals surface area contributed by atoms with Crippen LogP contribution in [-0.4, -0.2) is 23.0 Å². The van der Waals surface area contributed by atoms with Crippen molar-refractivity contribution in [2.24, 2.45) is 0 Å². The summed E-state index contributed by atoms with van der Waals surface area (Å²) < 4.78 is 10.4. The topological polar surface area (TPSA) is 65.2 Å². The lowest BCUT2D eigenvalue weighted by Gasteiger charge is -2.03. The third kappa shape index (κ3) is 3.23. The number of carbonyl (C=O) groups excluding carboxylic acids is 1. The Kier molecular flexibility index (Phi) is 4.50. The zero-order valence-corrected chi connectivity index (χ0v) is 11.9. The van der Waals surface area contributed by atoms with Crippen LogP contribution in [-0.2, 0) is 11.2 Å². The molecule has 1 aromatic carbocycles. The number of hydrogen-bond donors (Lipinski definition) is 0. The lowest BCUT2D eigenvalue weighted by molar-refractivity contribution is -0.119. The van der Waals surface area contributed by atoms with E-state index in [0.717, 1.165) is 11.3 Å². The third-order valence-corrected chi connectivity index (χ3v) is 3.18. The van der Waals surface area contributed by atoms with Gasteiger partial charge in [0.1, 0.15) is 11.5 Å². The summed E-state index contributed by atoms with van der Waals surface area (Å²) in [6.45, 7) is 3.47. The summed E-state index contributed by atoms with van der Waals surface area (Å²) in [5.74, 6) is 1.51. The average Bonchev–Trinajstić information content (AvgIpc) is 2.87. The second-order valence-corrected chi connectivity index (χ2v) is 4.65. The van der Waals surface area contributed by atoms with Crippen molar-refractivity contribution in [3.63, 3.8) is 0 Å². The van der Waals surface area contributed by atoms with E-state index in [1.165, 1.54) is 0 Å². The molecule has 1 unspecified atom stereocenters. The number of ketones is 1. The van der Waals surface area contributed by atoms with Crippen molar-refractivity contribution in [1.82, 2.24) is 10.1 Å². The molecule has 106 valence electrons. The minimum absolute atomic E-state index is 0.0454. The molecule has 1 atom stereocenters. The quantitative estimate of drug-likeness (QED) is 0.810. The molecule has 2 aromatic rings. The van der Waals surface area contributed by atoms with Crippen molar-refractivity contribution in [1.29, 1.82) is 0 Å². The van der Waals surface area contributed by atoms with Crippen LogP contribution in [0.3, 0.4) is 0 Å². The van der Waals surface area contributed by atoms with E-state index < -0.39 is 0 Å². The summed E-state index contributed by atoms with van der Waals surface area (Å²) >= 11 is 0. The van der Waals surface area contributed by atoms with E-state index in [2.05, 4.69) is 10.1 Å². The summed E-state index contributed by atoms with van der Waals surface area (Å²) in [6, 6.07) is 7.70. The molecular formula is C15H18N2O3. The van der Waals surface area contributed by atoms with Gasteiger partial charge in [-0.05, 0) is 31.0 Å². The minimum Gasteiger partial charge on any atom is -0.497 e. The molecule has 0 saturated carbocycles. The van der Waals surface area contributed by atoms with E-state index in [1.54, 1.807) is 14.0 Å². The zero-order valence-electron chi connectivity index (χ0n) is 11.9. The van der Waals surface area contributed by atoms with Gasteiger partial charge in [-0.2, -0.15) is 4.98 Å². The maximum absolute atomic E-state index is 11.5. The normalized spacial score (nSPS) is 12.2. The lowest BCUT2D eigenvalue weighted by atomic mass is 10.0. The number of benzene rings is 1. The van der Waals surface area contributed by atoms with E-state index in [4.69, 9.17) is 9.26 Å². The van der Waals surface area contributed by atoms with Gasteiger partial charge in [-0.15, -0.1) is 0 Å². The number of carbonyl (C=O) groups is 1. The molecule has 20 heavy (non-hydrogen) atoms. The van der Waals surface area contributed by atoms with E-state index >= 15 is 0 Å². The van der Waals surface area contributed by atoms with Gasteiger partial charge in [0.05, 0.1) is 13.0 Å². The molecule has 0 aliphatic rings. The van der Waals surface area contributed by atoms with Gasteiger partial charge >= 0.3 is 0 Å². The molecule has 0 radical (unpaired) electrons. The van der Waals surface area contributed by atoms with Gasteiger partial charge in [0, 0.05) is 6.42 Å². The fraction of sp³-hybridized carbons (Fsp3) is 0.400. The van der Waals surface area contributed by atoms with Gasteiger partial charge < -0.3 is 9.26 Å². The van der Waals surface area contributed by atoms with Crippen LogP contribution in [0.15, 0.2) is 28.8 Å². The SMILES string of the molecule is CCC(C(C)=O)c1nc(Cc2cccc(OC)c2)no1. The van der Waals surface area contributed by atoms with Crippen molar-refractivity contribution in [3.05, 3.63) is 41.5 Å². The first-order valence-electron chi connectivity index (χ1n) is 6.60. The van der Waals surface area contributed by atoms with Crippen molar-refractivity contribution < 1.29 is 14.1 Å². The van der Waals surface area contributed by atoms with Crippen LogP contribution in [0.4, 0.5) is 0 Å². The Labute approximate surface area is 118 Å². The number of nitrogens with zero attached hydrogens (tertiary/aromatic N) is 2. The largest absolute Gasteiger partial charge is 0.497 e. The van der Waals surface area contributed by atoms with Gasteiger partial charge in [-0.1, -0.05) is 24.2 Å². The molecule has 1 aromatic heterocycles. The molecule has 2 rings (SSSR count). The van der Waals surface area contributed by atoms with Gasteiger partial charge in [0.15, 0.2) is 5.82 Å². The molecule has 5 nitrogen and oxygen atoms in total. The predicted molar refractivity (Wildman–Crippen MR) is 73.8 cm³/mol. The Morgan fingerprint density at radius 1 is 1.45 bits per heavy atom. The smallest absolute Gasteiger partial charge is 0.237 e. The van der Waals surface area contributed by atoms with E-state index in [1.807, 2.05) is 31.2 Å². The number of methoxy groups -OCH3 is 1. The van der Waals surface area contributed by atoms with Crippen molar-refractivity contribution in [2.45, 2.75) is 32.6 Å². The molecular weight excluding hydrogens is 256 g/mol. The molecule has 0 amide bonds. The Balaban J connectivity index is 2.14. The first-order chi connectivity index (χ1) is 9.63. The molecule has 0 fully saturated rings. The average molecular weight is 274 g/mol. The molecule has 1 heterocycles. The van der Waals surface area contributed by atoms with E-state index in [-0.39, 0.29) is 11.7 Å². The van der Waals surface area contributed by atoms with Crippen LogP contribution in [0.25, 0.3) is 0 Å². The number of rotatable bonds is 6. The van der Waals surface area contributed by atoms with Gasteiger partial charge in [0.2, 0.25) is 5.89 Å². The Morgan fingerprint density at radius 3 is 2.90 bits per heavy atom.